The Bertz CT molecular complexity index is 1050. The summed E-state index contributed by atoms with van der Waals surface area (Å²) in [5.74, 6) is -0.0734. The van der Waals surface area contributed by atoms with E-state index in [9.17, 15) is 15.0 Å². The Morgan fingerprint density at radius 3 is 0.879 bits per heavy atom. The number of aliphatic hydroxyl groups excluding tert-OH is 2. The molecule has 0 rings (SSSR count). The number of aliphatic hydroxyl groups is 2. The van der Waals surface area contributed by atoms with E-state index >= 15 is 0 Å². The zero-order valence-corrected chi connectivity index (χ0v) is 44.7. The number of hydrogen-bond acceptors (Lipinski definition) is 3. The van der Waals surface area contributed by atoms with Gasteiger partial charge in [-0.3, -0.25) is 4.79 Å². The molecule has 4 nitrogen and oxygen atoms in total. The topological polar surface area (TPSA) is 69.6 Å². The third kappa shape index (κ3) is 53.3. The van der Waals surface area contributed by atoms with Gasteiger partial charge in [-0.15, -0.1) is 0 Å². The van der Waals surface area contributed by atoms with Crippen molar-refractivity contribution in [3.8, 4) is 0 Å². The number of hydrogen-bond donors (Lipinski definition) is 3. The molecule has 0 aliphatic rings. The first kappa shape index (κ1) is 64.3. The maximum atomic E-state index is 12.5. The van der Waals surface area contributed by atoms with Crippen molar-refractivity contribution in [1.82, 2.24) is 5.32 Å². The molecular weight excluding hydrogens is 807 g/mol. The van der Waals surface area contributed by atoms with Crippen LogP contribution in [0.4, 0.5) is 0 Å². The largest absolute Gasteiger partial charge is 0.394 e. The monoisotopic (exact) mass is 924 g/mol. The van der Waals surface area contributed by atoms with Gasteiger partial charge in [0.05, 0.1) is 18.8 Å². The van der Waals surface area contributed by atoms with Gasteiger partial charge >= 0.3 is 0 Å². The molecule has 0 saturated carbocycles. The van der Waals surface area contributed by atoms with Gasteiger partial charge in [-0.1, -0.05) is 294 Å². The SMILES string of the molecule is CCCCCCCCCCCCC/C=C/CC/C=C/CC/C=C/C(O)C(CO)NC(=O)CCCCCCCCCCCCCCCCCCC/C=C\CCCCCCCCCCCCCC. The van der Waals surface area contributed by atoms with Crippen LogP contribution in [-0.2, 0) is 4.79 Å². The summed E-state index contributed by atoms with van der Waals surface area (Å²) in [6.07, 6.45) is 80.1. The molecular formula is C62H117NO3. The second-order valence-corrected chi connectivity index (χ2v) is 20.4. The average Bonchev–Trinajstić information content (AvgIpc) is 3.32. The summed E-state index contributed by atoms with van der Waals surface area (Å²) < 4.78 is 0. The van der Waals surface area contributed by atoms with Crippen LogP contribution in [0.2, 0.25) is 0 Å². The van der Waals surface area contributed by atoms with E-state index in [1.54, 1.807) is 6.08 Å². The summed E-state index contributed by atoms with van der Waals surface area (Å²) >= 11 is 0. The second-order valence-electron chi connectivity index (χ2n) is 20.4. The van der Waals surface area contributed by atoms with Gasteiger partial charge in [0.25, 0.3) is 0 Å². The van der Waals surface area contributed by atoms with Crippen LogP contribution in [0.5, 0.6) is 0 Å². The van der Waals surface area contributed by atoms with Crippen molar-refractivity contribution >= 4 is 5.91 Å². The molecule has 4 heteroatoms. The first-order chi connectivity index (χ1) is 32.7. The molecule has 2 unspecified atom stereocenters. The lowest BCUT2D eigenvalue weighted by Crippen LogP contribution is -2.45. The fourth-order valence-corrected chi connectivity index (χ4v) is 9.21. The molecule has 0 saturated heterocycles. The predicted molar refractivity (Wildman–Crippen MR) is 295 cm³/mol. The summed E-state index contributed by atoms with van der Waals surface area (Å²) in [5.41, 5.74) is 0. The number of carbonyl (C=O) groups is 1. The lowest BCUT2D eigenvalue weighted by molar-refractivity contribution is -0.123. The van der Waals surface area contributed by atoms with E-state index in [-0.39, 0.29) is 12.5 Å². The molecule has 0 spiro atoms. The summed E-state index contributed by atoms with van der Waals surface area (Å²) in [7, 11) is 0. The van der Waals surface area contributed by atoms with Crippen LogP contribution in [0.15, 0.2) is 48.6 Å². The van der Waals surface area contributed by atoms with E-state index in [4.69, 9.17) is 0 Å². The quantitative estimate of drug-likeness (QED) is 0.0420. The smallest absolute Gasteiger partial charge is 0.220 e. The highest BCUT2D eigenvalue weighted by Gasteiger charge is 2.18. The van der Waals surface area contributed by atoms with Crippen LogP contribution in [-0.4, -0.2) is 34.9 Å². The molecule has 2 atom stereocenters. The molecule has 0 aliphatic heterocycles. The maximum Gasteiger partial charge on any atom is 0.220 e. The Kier molecular flexibility index (Phi) is 56.2. The third-order valence-electron chi connectivity index (χ3n) is 13.8. The molecule has 0 heterocycles. The Labute approximate surface area is 414 Å². The number of amides is 1. The molecule has 0 radical (unpaired) electrons. The summed E-state index contributed by atoms with van der Waals surface area (Å²) in [6, 6.07) is -0.646. The lowest BCUT2D eigenvalue weighted by Gasteiger charge is -2.19. The fourth-order valence-electron chi connectivity index (χ4n) is 9.21. The van der Waals surface area contributed by atoms with Crippen LogP contribution in [0.25, 0.3) is 0 Å². The van der Waals surface area contributed by atoms with Crippen LogP contribution in [0, 0.1) is 0 Å². The highest BCUT2D eigenvalue weighted by atomic mass is 16.3. The summed E-state index contributed by atoms with van der Waals surface area (Å²) in [4.78, 5) is 12.5. The molecule has 0 aromatic rings. The molecule has 66 heavy (non-hydrogen) atoms. The van der Waals surface area contributed by atoms with Crippen molar-refractivity contribution in [1.29, 1.82) is 0 Å². The van der Waals surface area contributed by atoms with Gasteiger partial charge < -0.3 is 15.5 Å². The van der Waals surface area contributed by atoms with E-state index in [0.29, 0.717) is 6.42 Å². The lowest BCUT2D eigenvalue weighted by atomic mass is 10.0. The van der Waals surface area contributed by atoms with Crippen molar-refractivity contribution in [3.05, 3.63) is 48.6 Å². The van der Waals surface area contributed by atoms with Gasteiger partial charge in [-0.05, 0) is 70.6 Å². The molecule has 3 N–H and O–H groups in total. The molecule has 0 aromatic carbocycles. The maximum absolute atomic E-state index is 12.5. The Hall–Kier alpha value is -1.65. The van der Waals surface area contributed by atoms with E-state index < -0.39 is 12.1 Å². The minimum absolute atomic E-state index is 0.0734. The minimum Gasteiger partial charge on any atom is -0.394 e. The number of carbonyl (C=O) groups excluding carboxylic acids is 1. The highest BCUT2D eigenvalue weighted by molar-refractivity contribution is 5.76. The van der Waals surface area contributed by atoms with Gasteiger partial charge in [0.1, 0.15) is 0 Å². The van der Waals surface area contributed by atoms with Crippen LogP contribution in [0.1, 0.15) is 322 Å². The van der Waals surface area contributed by atoms with E-state index in [0.717, 1.165) is 38.5 Å². The van der Waals surface area contributed by atoms with Crippen LogP contribution < -0.4 is 5.32 Å². The highest BCUT2D eigenvalue weighted by Crippen LogP contribution is 2.17. The second kappa shape index (κ2) is 57.7. The fraction of sp³-hybridized carbons (Fsp3) is 0.855. The zero-order valence-electron chi connectivity index (χ0n) is 44.7. The third-order valence-corrected chi connectivity index (χ3v) is 13.8. The number of allylic oxidation sites excluding steroid dienone is 7. The molecule has 0 aliphatic carbocycles. The normalized spacial score (nSPS) is 13.1. The van der Waals surface area contributed by atoms with Gasteiger partial charge in [0.2, 0.25) is 5.91 Å². The Morgan fingerprint density at radius 2 is 0.591 bits per heavy atom. The van der Waals surface area contributed by atoms with Crippen molar-refractivity contribution in [2.24, 2.45) is 0 Å². The number of unbranched alkanes of at least 4 members (excludes halogenated alkanes) is 42. The zero-order chi connectivity index (χ0) is 47.7. The minimum atomic E-state index is -0.871. The van der Waals surface area contributed by atoms with Gasteiger partial charge in [0, 0.05) is 6.42 Å². The van der Waals surface area contributed by atoms with Crippen molar-refractivity contribution in [2.75, 3.05) is 6.61 Å². The first-order valence-corrected chi connectivity index (χ1v) is 29.9. The molecule has 0 fully saturated rings. The van der Waals surface area contributed by atoms with Gasteiger partial charge in [0.15, 0.2) is 0 Å². The van der Waals surface area contributed by atoms with E-state index in [1.807, 2.05) is 6.08 Å². The van der Waals surface area contributed by atoms with Crippen LogP contribution >= 0.6 is 0 Å². The van der Waals surface area contributed by atoms with E-state index in [1.165, 1.54) is 263 Å². The van der Waals surface area contributed by atoms with Crippen molar-refractivity contribution < 1.29 is 15.0 Å². The number of rotatable bonds is 55. The first-order valence-electron chi connectivity index (χ1n) is 29.9. The van der Waals surface area contributed by atoms with Gasteiger partial charge in [-0.2, -0.15) is 0 Å². The summed E-state index contributed by atoms with van der Waals surface area (Å²) in [5, 5.41) is 23.1. The molecule has 0 bridgehead atoms. The molecule has 0 aromatic heterocycles. The van der Waals surface area contributed by atoms with Crippen LogP contribution in [0.3, 0.4) is 0 Å². The van der Waals surface area contributed by atoms with E-state index in [2.05, 4.69) is 55.6 Å². The molecule has 388 valence electrons. The van der Waals surface area contributed by atoms with Gasteiger partial charge in [-0.25, -0.2) is 0 Å². The molecule has 1 amide bonds. The predicted octanol–water partition coefficient (Wildman–Crippen LogP) is 19.8. The summed E-state index contributed by atoms with van der Waals surface area (Å²) in [6.45, 7) is 4.32. The van der Waals surface area contributed by atoms with Crippen molar-refractivity contribution in [3.63, 3.8) is 0 Å². The van der Waals surface area contributed by atoms with Crippen molar-refractivity contribution in [2.45, 2.75) is 334 Å². The Morgan fingerprint density at radius 1 is 0.348 bits per heavy atom. The number of nitrogens with one attached hydrogen (secondary N) is 1. The Balaban J connectivity index is 3.49. The standard InChI is InChI=1S/C62H117NO3/c1-3-5-7-9-11-13-15-17-19-21-23-25-26-27-28-29-30-31-32-33-34-35-36-38-40-42-44-46-48-50-52-54-56-58-62(66)63-60(59-64)61(65)57-55-53-51-49-47-45-43-41-39-37-24-22-20-18-16-14-12-10-8-6-4-2/h27-28,39,41,47,49,55,57,60-61,64-65H,3-26,29-38,40,42-46,48,50-54,56,58-59H2,1-2H3,(H,63,66)/b28-27-,41-39+,49-47+,57-55+. The average molecular weight is 925 g/mol.